The van der Waals surface area contributed by atoms with Gasteiger partial charge in [-0.2, -0.15) is 0 Å². The van der Waals surface area contributed by atoms with Crippen LogP contribution >= 0.6 is 0 Å². The first-order chi connectivity index (χ1) is 21.1. The number of carbonyl (C=O) groups excluding carboxylic acids is 1. The summed E-state index contributed by atoms with van der Waals surface area (Å²) in [6.07, 6.45) is 15.9. The van der Waals surface area contributed by atoms with Crippen LogP contribution in [0.15, 0.2) is 43.0 Å². The van der Waals surface area contributed by atoms with E-state index in [1.165, 1.54) is 43.2 Å². The molecule has 5 heteroatoms. The van der Waals surface area contributed by atoms with E-state index in [-0.39, 0.29) is 33.1 Å². The first-order valence-corrected chi connectivity index (χ1v) is 17.8. The van der Waals surface area contributed by atoms with Crippen molar-refractivity contribution in [3.05, 3.63) is 54.1 Å². The lowest BCUT2D eigenvalue weighted by atomic mass is 9.33. The van der Waals surface area contributed by atoms with E-state index >= 15 is 0 Å². The van der Waals surface area contributed by atoms with Crippen molar-refractivity contribution in [2.75, 3.05) is 20.6 Å². The van der Waals surface area contributed by atoms with Gasteiger partial charge in [0, 0.05) is 18.5 Å². The van der Waals surface area contributed by atoms with Gasteiger partial charge >= 0.3 is 5.97 Å². The van der Waals surface area contributed by atoms with E-state index in [9.17, 15) is 14.7 Å². The second-order valence-electron chi connectivity index (χ2n) is 17.3. The molecular weight excluding hydrogens is 556 g/mol. The molecule has 2 N–H and O–H groups in total. The molecule has 4 fully saturated rings. The van der Waals surface area contributed by atoms with Gasteiger partial charge in [0.1, 0.15) is 0 Å². The Morgan fingerprint density at radius 2 is 1.64 bits per heavy atom. The van der Waals surface area contributed by atoms with Crippen molar-refractivity contribution in [3.8, 4) is 0 Å². The van der Waals surface area contributed by atoms with Crippen LogP contribution in [0.1, 0.15) is 115 Å². The summed E-state index contributed by atoms with van der Waals surface area (Å²) in [5, 5.41) is 13.1. The summed E-state index contributed by atoms with van der Waals surface area (Å²) in [6.45, 7) is 18.0. The number of nitrogens with zero attached hydrogens (tertiary/aromatic N) is 1. The number of hydrogen-bond acceptors (Lipinski definition) is 3. The minimum atomic E-state index is -0.870. The molecule has 0 aliphatic heterocycles. The smallest absolute Gasteiger partial charge is 0.335 e. The summed E-state index contributed by atoms with van der Waals surface area (Å²) >= 11 is 0. The van der Waals surface area contributed by atoms with E-state index < -0.39 is 5.97 Å². The van der Waals surface area contributed by atoms with Gasteiger partial charge in [-0.3, -0.25) is 4.79 Å². The number of allylic oxidation sites excluding steroid dienone is 3. The van der Waals surface area contributed by atoms with Crippen molar-refractivity contribution in [2.45, 2.75) is 104 Å². The Morgan fingerprint density at radius 1 is 0.933 bits per heavy atom. The highest BCUT2D eigenvalue weighted by atomic mass is 16.4. The molecule has 246 valence electrons. The molecule has 45 heavy (non-hydrogen) atoms. The lowest BCUT2D eigenvalue weighted by Gasteiger charge is -2.72. The molecule has 0 aromatic heterocycles. The zero-order valence-electron chi connectivity index (χ0n) is 29.0. The number of aromatic carboxylic acids is 1. The maximum atomic E-state index is 13.3. The molecular formula is C40H58N2O3. The van der Waals surface area contributed by atoms with E-state index in [2.05, 4.69) is 63.6 Å². The quantitative estimate of drug-likeness (QED) is 0.302. The van der Waals surface area contributed by atoms with Gasteiger partial charge in [0.25, 0.3) is 0 Å². The monoisotopic (exact) mass is 614 g/mol. The topological polar surface area (TPSA) is 69.6 Å². The largest absolute Gasteiger partial charge is 0.478 e. The predicted molar refractivity (Wildman–Crippen MR) is 183 cm³/mol. The van der Waals surface area contributed by atoms with E-state index in [1.54, 1.807) is 12.1 Å². The van der Waals surface area contributed by atoms with Crippen molar-refractivity contribution < 1.29 is 14.7 Å². The molecule has 1 aromatic rings. The molecule has 9 unspecified atom stereocenters. The van der Waals surface area contributed by atoms with Gasteiger partial charge in [-0.25, -0.2) is 4.79 Å². The molecule has 5 aliphatic rings. The lowest BCUT2D eigenvalue weighted by Crippen LogP contribution is -2.68. The summed E-state index contributed by atoms with van der Waals surface area (Å²) in [7, 11) is 4.08. The third-order valence-electron chi connectivity index (χ3n) is 15.0. The van der Waals surface area contributed by atoms with Crippen LogP contribution in [0.4, 0.5) is 0 Å². The molecule has 1 amide bonds. The van der Waals surface area contributed by atoms with E-state index in [4.69, 9.17) is 0 Å². The number of carboxylic acid groups (broad SMARTS) is 1. The van der Waals surface area contributed by atoms with E-state index in [0.717, 1.165) is 32.2 Å². The van der Waals surface area contributed by atoms with Crippen LogP contribution in [-0.4, -0.2) is 48.1 Å². The number of amides is 1. The van der Waals surface area contributed by atoms with Crippen LogP contribution in [0, 0.1) is 51.2 Å². The number of carboxylic acids is 1. The van der Waals surface area contributed by atoms with Gasteiger partial charge < -0.3 is 15.3 Å². The van der Waals surface area contributed by atoms with Crippen LogP contribution in [0.25, 0.3) is 5.57 Å². The number of hydrogen-bond donors (Lipinski definition) is 2. The fraction of sp³-hybridized carbons (Fsp3) is 0.700. The van der Waals surface area contributed by atoms with Crippen molar-refractivity contribution in [2.24, 2.45) is 51.2 Å². The Balaban J connectivity index is 1.31. The van der Waals surface area contributed by atoms with Crippen molar-refractivity contribution >= 4 is 17.4 Å². The number of fused-ring (bicyclic) bond motifs is 7. The summed E-state index contributed by atoms with van der Waals surface area (Å²) < 4.78 is 0. The van der Waals surface area contributed by atoms with Gasteiger partial charge in [0.05, 0.1) is 5.56 Å². The van der Waals surface area contributed by atoms with Gasteiger partial charge in [0.15, 0.2) is 0 Å². The predicted octanol–water partition coefficient (Wildman–Crippen LogP) is 8.47. The van der Waals surface area contributed by atoms with Gasteiger partial charge in [-0.05, 0) is 146 Å². The maximum absolute atomic E-state index is 13.3. The zero-order chi connectivity index (χ0) is 32.6. The average molecular weight is 615 g/mol. The molecule has 5 aliphatic carbocycles. The highest BCUT2D eigenvalue weighted by Crippen LogP contribution is 2.76. The minimum Gasteiger partial charge on any atom is -0.478 e. The summed E-state index contributed by atoms with van der Waals surface area (Å²) in [4.78, 5) is 26.9. The first kappa shape index (κ1) is 32.5. The van der Waals surface area contributed by atoms with Gasteiger partial charge in [-0.15, -0.1) is 6.58 Å². The Hall–Kier alpha value is -2.40. The molecule has 0 bridgehead atoms. The third-order valence-corrected chi connectivity index (χ3v) is 15.0. The highest BCUT2D eigenvalue weighted by Gasteiger charge is 2.70. The van der Waals surface area contributed by atoms with Crippen LogP contribution in [0.5, 0.6) is 0 Å². The standard InChI is InChI=1S/C40H58N2O3/c1-9-26-16-22-40(41-33(43)19-25-42(7)8)24-23-38(5)30(34(26)40)14-15-32-37(4)20-17-29(27-10-12-28(13-11-27)35(44)45)36(2,3)31(37)18-21-39(32,38)6/h9-13,17,26,30-32,34H,1,14-16,18-25H2,2-8H3,(H,41,43)(H,44,45). The molecule has 1 aromatic carbocycles. The Bertz CT molecular complexity index is 1380. The average Bonchev–Trinajstić information content (AvgIpc) is 3.34. The number of benzene rings is 1. The van der Waals surface area contributed by atoms with Crippen LogP contribution < -0.4 is 5.32 Å². The van der Waals surface area contributed by atoms with Crippen LogP contribution in [0.2, 0.25) is 0 Å². The fourth-order valence-corrected chi connectivity index (χ4v) is 12.7. The molecule has 0 spiro atoms. The highest BCUT2D eigenvalue weighted by molar-refractivity contribution is 5.88. The molecule has 4 saturated carbocycles. The Morgan fingerprint density at radius 3 is 2.29 bits per heavy atom. The zero-order valence-corrected chi connectivity index (χ0v) is 29.0. The molecule has 5 nitrogen and oxygen atoms in total. The normalized spacial score (nSPS) is 41.6. The maximum Gasteiger partial charge on any atom is 0.335 e. The fourth-order valence-electron chi connectivity index (χ4n) is 12.7. The molecule has 9 atom stereocenters. The number of rotatable bonds is 7. The second kappa shape index (κ2) is 11.1. The van der Waals surface area contributed by atoms with E-state index in [1.807, 2.05) is 26.2 Å². The minimum absolute atomic E-state index is 0.00870. The number of nitrogens with one attached hydrogen (secondary N) is 1. The Labute approximate surface area is 272 Å². The summed E-state index contributed by atoms with van der Waals surface area (Å²) in [5.41, 5.74) is 3.53. The van der Waals surface area contributed by atoms with Crippen molar-refractivity contribution in [1.82, 2.24) is 10.2 Å². The van der Waals surface area contributed by atoms with Gasteiger partial charge in [0.2, 0.25) is 5.91 Å². The lowest BCUT2D eigenvalue weighted by molar-refractivity contribution is -0.219. The first-order valence-electron chi connectivity index (χ1n) is 17.8. The second-order valence-corrected chi connectivity index (χ2v) is 17.3. The molecule has 0 radical (unpaired) electrons. The van der Waals surface area contributed by atoms with Gasteiger partial charge in [-0.1, -0.05) is 58.9 Å². The molecule has 0 saturated heterocycles. The summed E-state index contributed by atoms with van der Waals surface area (Å²) in [6, 6.07) is 7.56. The molecule has 0 heterocycles. The van der Waals surface area contributed by atoms with E-state index in [0.29, 0.717) is 41.6 Å². The Kier molecular flexibility index (Phi) is 8.03. The van der Waals surface area contributed by atoms with Crippen molar-refractivity contribution in [1.29, 1.82) is 0 Å². The van der Waals surface area contributed by atoms with Crippen molar-refractivity contribution in [3.63, 3.8) is 0 Å². The van der Waals surface area contributed by atoms with Crippen LogP contribution in [-0.2, 0) is 4.79 Å². The molecule has 6 rings (SSSR count). The third kappa shape index (κ3) is 4.80. The SMILES string of the molecule is C=CC1CCC2(NC(=O)CCN(C)C)CCC3(C)C(CCC4C5(C)CC=C(c6ccc(C(=O)O)cc6)C(C)(C)C5CCC43C)C12. The summed E-state index contributed by atoms with van der Waals surface area (Å²) in [5.74, 6) is 2.13. The van der Waals surface area contributed by atoms with Crippen LogP contribution in [0.3, 0.4) is 0 Å². The number of carbonyl (C=O) groups is 2.